The summed E-state index contributed by atoms with van der Waals surface area (Å²) in [5.41, 5.74) is 0.956. The van der Waals surface area contributed by atoms with Crippen LogP contribution in [-0.2, 0) is 0 Å². The van der Waals surface area contributed by atoms with E-state index in [-0.39, 0.29) is 11.4 Å². The molecule has 0 bridgehead atoms. The fraction of sp³-hybridized carbons (Fsp3) is 0. The van der Waals surface area contributed by atoms with Crippen molar-refractivity contribution in [2.45, 2.75) is 0 Å². The van der Waals surface area contributed by atoms with Crippen molar-refractivity contribution in [3.05, 3.63) is 40.6 Å². The predicted molar refractivity (Wildman–Crippen MR) is 52.3 cm³/mol. The van der Waals surface area contributed by atoms with Gasteiger partial charge in [0.25, 0.3) is 0 Å². The Morgan fingerprint density at radius 1 is 1.40 bits per heavy atom. The Hall–Kier alpha value is -2.37. The maximum absolute atomic E-state index is 10.6. The van der Waals surface area contributed by atoms with E-state index in [4.69, 9.17) is 0 Å². The average Bonchev–Trinajstić information content (AvgIpc) is 2.71. The summed E-state index contributed by atoms with van der Waals surface area (Å²) in [5.74, 6) is -0.344. The normalized spacial score (nSPS) is 10.1. The van der Waals surface area contributed by atoms with Crippen LogP contribution < -0.4 is 0 Å². The summed E-state index contributed by atoms with van der Waals surface area (Å²) in [7, 11) is 0. The molecule has 0 atom stereocenters. The minimum absolute atomic E-state index is 0.317. The van der Waals surface area contributed by atoms with Crippen molar-refractivity contribution in [3.63, 3.8) is 0 Å². The Balaban J connectivity index is 2.52. The Bertz CT molecular complexity index is 493. The number of phenols is 1. The largest absolute Gasteiger partial charge is 0.502 e. The zero-order valence-electron chi connectivity index (χ0n) is 7.54. The SMILES string of the molecule is O=[N+]([O-])c1cc(-c2ccn[nH]2)ccc1O. The highest BCUT2D eigenvalue weighted by Gasteiger charge is 2.14. The van der Waals surface area contributed by atoms with Gasteiger partial charge >= 0.3 is 5.69 Å². The lowest BCUT2D eigenvalue weighted by molar-refractivity contribution is -0.385. The highest BCUT2D eigenvalue weighted by Crippen LogP contribution is 2.30. The molecule has 76 valence electrons. The minimum Gasteiger partial charge on any atom is -0.502 e. The third-order valence-corrected chi connectivity index (χ3v) is 1.98. The number of nitrogens with zero attached hydrogens (tertiary/aromatic N) is 2. The van der Waals surface area contributed by atoms with Crippen molar-refractivity contribution in [2.75, 3.05) is 0 Å². The molecule has 0 saturated carbocycles. The number of nitro benzene ring substituents is 1. The van der Waals surface area contributed by atoms with E-state index in [1.807, 2.05) is 0 Å². The van der Waals surface area contributed by atoms with Crippen LogP contribution in [0.2, 0.25) is 0 Å². The maximum atomic E-state index is 10.6. The molecule has 0 saturated heterocycles. The lowest BCUT2D eigenvalue weighted by atomic mass is 10.1. The van der Waals surface area contributed by atoms with Crippen molar-refractivity contribution < 1.29 is 10.0 Å². The minimum atomic E-state index is -0.630. The molecule has 0 aliphatic rings. The molecule has 0 spiro atoms. The number of benzene rings is 1. The highest BCUT2D eigenvalue weighted by atomic mass is 16.6. The van der Waals surface area contributed by atoms with Gasteiger partial charge in [0, 0.05) is 17.8 Å². The zero-order valence-corrected chi connectivity index (χ0v) is 7.54. The second-order valence-electron chi connectivity index (χ2n) is 2.93. The first-order valence-corrected chi connectivity index (χ1v) is 4.15. The van der Waals surface area contributed by atoms with E-state index in [9.17, 15) is 15.2 Å². The molecule has 1 heterocycles. The molecule has 0 aliphatic heterocycles. The topological polar surface area (TPSA) is 92.0 Å². The molecular formula is C9H7N3O3. The zero-order chi connectivity index (χ0) is 10.8. The number of hydrogen-bond acceptors (Lipinski definition) is 4. The van der Waals surface area contributed by atoms with Crippen LogP contribution in [0.4, 0.5) is 5.69 Å². The molecule has 6 nitrogen and oxygen atoms in total. The molecule has 0 aliphatic carbocycles. The van der Waals surface area contributed by atoms with E-state index in [0.29, 0.717) is 11.3 Å². The molecule has 15 heavy (non-hydrogen) atoms. The van der Waals surface area contributed by atoms with Crippen LogP contribution in [0.5, 0.6) is 5.75 Å². The predicted octanol–water partition coefficient (Wildman–Crippen LogP) is 1.69. The van der Waals surface area contributed by atoms with Crippen molar-refractivity contribution in [1.29, 1.82) is 0 Å². The summed E-state index contributed by atoms with van der Waals surface area (Å²) in [6.45, 7) is 0. The third kappa shape index (κ3) is 1.64. The monoisotopic (exact) mass is 205 g/mol. The summed E-state index contributed by atoms with van der Waals surface area (Å²) >= 11 is 0. The van der Waals surface area contributed by atoms with Gasteiger partial charge in [-0.25, -0.2) is 0 Å². The lowest BCUT2D eigenvalue weighted by Gasteiger charge is -1.99. The number of nitro groups is 1. The first kappa shape index (κ1) is 9.20. The van der Waals surface area contributed by atoms with E-state index in [0.717, 1.165) is 0 Å². The van der Waals surface area contributed by atoms with Crippen LogP contribution >= 0.6 is 0 Å². The van der Waals surface area contributed by atoms with Crippen LogP contribution in [0.25, 0.3) is 11.3 Å². The van der Waals surface area contributed by atoms with Crippen LogP contribution in [-0.4, -0.2) is 20.2 Å². The number of rotatable bonds is 2. The van der Waals surface area contributed by atoms with Gasteiger partial charge in [-0.05, 0) is 18.2 Å². The van der Waals surface area contributed by atoms with Gasteiger partial charge in [0.2, 0.25) is 0 Å². The Kier molecular flexibility index (Phi) is 2.09. The van der Waals surface area contributed by atoms with Gasteiger partial charge in [0.1, 0.15) is 0 Å². The summed E-state index contributed by atoms with van der Waals surface area (Å²) in [6.07, 6.45) is 1.55. The number of phenolic OH excluding ortho intramolecular Hbond substituents is 1. The molecule has 2 rings (SSSR count). The Labute approximate surface area is 84.3 Å². The Morgan fingerprint density at radius 2 is 2.20 bits per heavy atom. The van der Waals surface area contributed by atoms with Gasteiger partial charge in [-0.15, -0.1) is 0 Å². The van der Waals surface area contributed by atoms with Crippen molar-refractivity contribution in [1.82, 2.24) is 10.2 Å². The fourth-order valence-corrected chi connectivity index (χ4v) is 1.25. The summed E-state index contributed by atoms with van der Waals surface area (Å²) in [6, 6.07) is 5.85. The summed E-state index contributed by atoms with van der Waals surface area (Å²) < 4.78 is 0. The van der Waals surface area contributed by atoms with Crippen LogP contribution in [0.1, 0.15) is 0 Å². The second-order valence-corrected chi connectivity index (χ2v) is 2.93. The average molecular weight is 205 g/mol. The molecule has 0 fully saturated rings. The van der Waals surface area contributed by atoms with E-state index < -0.39 is 4.92 Å². The summed E-state index contributed by atoms with van der Waals surface area (Å²) in [4.78, 5) is 9.93. The molecule has 2 N–H and O–H groups in total. The van der Waals surface area contributed by atoms with Gasteiger partial charge in [-0.2, -0.15) is 5.10 Å². The van der Waals surface area contributed by atoms with E-state index in [2.05, 4.69) is 10.2 Å². The molecule has 0 amide bonds. The van der Waals surface area contributed by atoms with Gasteiger partial charge in [0.05, 0.1) is 10.6 Å². The molecule has 0 radical (unpaired) electrons. The maximum Gasteiger partial charge on any atom is 0.311 e. The van der Waals surface area contributed by atoms with Crippen molar-refractivity contribution >= 4 is 5.69 Å². The molecule has 1 aromatic heterocycles. The van der Waals surface area contributed by atoms with Gasteiger partial charge in [0.15, 0.2) is 5.75 Å². The van der Waals surface area contributed by atoms with E-state index in [1.165, 1.54) is 12.1 Å². The molecule has 1 aromatic carbocycles. The third-order valence-electron chi connectivity index (χ3n) is 1.98. The number of aromatic nitrogens is 2. The van der Waals surface area contributed by atoms with E-state index >= 15 is 0 Å². The highest BCUT2D eigenvalue weighted by molar-refractivity contribution is 5.65. The standard InChI is InChI=1S/C9H7N3O3/c13-9-2-1-6(5-8(9)12(14)15)7-3-4-10-11-7/h1-5,13H,(H,10,11). The Morgan fingerprint density at radius 3 is 2.80 bits per heavy atom. The van der Waals surface area contributed by atoms with Gasteiger partial charge < -0.3 is 5.11 Å². The second kappa shape index (κ2) is 3.41. The van der Waals surface area contributed by atoms with E-state index in [1.54, 1.807) is 18.3 Å². The number of nitrogens with one attached hydrogen (secondary N) is 1. The molecule has 2 aromatic rings. The van der Waals surface area contributed by atoms with Crippen LogP contribution in [0, 0.1) is 10.1 Å². The quantitative estimate of drug-likeness (QED) is 0.576. The number of H-pyrrole nitrogens is 1. The first-order valence-electron chi connectivity index (χ1n) is 4.15. The number of aromatic amines is 1. The molecular weight excluding hydrogens is 198 g/mol. The molecule has 6 heteroatoms. The van der Waals surface area contributed by atoms with Gasteiger partial charge in [-0.3, -0.25) is 15.2 Å². The smallest absolute Gasteiger partial charge is 0.311 e. The number of hydrogen-bond donors (Lipinski definition) is 2. The lowest BCUT2D eigenvalue weighted by Crippen LogP contribution is -1.89. The van der Waals surface area contributed by atoms with Gasteiger partial charge in [-0.1, -0.05) is 0 Å². The van der Waals surface area contributed by atoms with Crippen molar-refractivity contribution in [2.24, 2.45) is 0 Å². The first-order chi connectivity index (χ1) is 7.18. The molecule has 0 unspecified atom stereocenters. The van der Waals surface area contributed by atoms with Crippen LogP contribution in [0.15, 0.2) is 30.5 Å². The van der Waals surface area contributed by atoms with Crippen LogP contribution in [0.3, 0.4) is 0 Å². The number of aromatic hydroxyl groups is 1. The van der Waals surface area contributed by atoms with Crippen molar-refractivity contribution in [3.8, 4) is 17.0 Å². The fourth-order valence-electron chi connectivity index (χ4n) is 1.25. The summed E-state index contributed by atoms with van der Waals surface area (Å²) in [5, 5.41) is 26.2.